The first-order valence-electron chi connectivity index (χ1n) is 9.88. The minimum atomic E-state index is 0.243. The van der Waals surface area contributed by atoms with E-state index >= 15 is 0 Å². The maximum Gasteiger partial charge on any atom is 0.242 e. The van der Waals surface area contributed by atoms with Gasteiger partial charge in [-0.2, -0.15) is 0 Å². The molecule has 1 atom stereocenters. The predicted octanol–water partition coefficient (Wildman–Crippen LogP) is 4.61. The first kappa shape index (κ1) is 18.0. The van der Waals surface area contributed by atoms with Gasteiger partial charge in [0.1, 0.15) is 0 Å². The third kappa shape index (κ3) is 3.51. The van der Waals surface area contributed by atoms with E-state index in [1.807, 2.05) is 17.8 Å². The van der Waals surface area contributed by atoms with Crippen LogP contribution in [0.2, 0.25) is 0 Å². The van der Waals surface area contributed by atoms with Crippen molar-refractivity contribution in [2.24, 2.45) is 0 Å². The fourth-order valence-electron chi connectivity index (χ4n) is 4.12. The highest BCUT2D eigenvalue weighted by molar-refractivity contribution is 7.99. The third-order valence-electron chi connectivity index (χ3n) is 5.58. The molecule has 5 rings (SSSR count). The second-order valence-electron chi connectivity index (χ2n) is 7.44. The SMILES string of the molecule is O=C(CN1CCSc2ccccc21)N1CCC[C@@H](c2nc3ccccc3s2)C1. The number of rotatable bonds is 3. The fourth-order valence-corrected chi connectivity index (χ4v) is 6.27. The Morgan fingerprint density at radius 2 is 1.96 bits per heavy atom. The van der Waals surface area contributed by atoms with E-state index in [-0.39, 0.29) is 5.91 Å². The molecule has 1 saturated heterocycles. The second kappa shape index (κ2) is 7.76. The zero-order chi connectivity index (χ0) is 18.9. The van der Waals surface area contributed by atoms with Crippen molar-refractivity contribution in [1.29, 1.82) is 0 Å². The average Bonchev–Trinajstić information content (AvgIpc) is 3.18. The monoisotopic (exact) mass is 409 g/mol. The number of anilines is 1. The van der Waals surface area contributed by atoms with Gasteiger partial charge in [0.2, 0.25) is 5.91 Å². The quantitative estimate of drug-likeness (QED) is 0.633. The summed E-state index contributed by atoms with van der Waals surface area (Å²) in [5, 5.41) is 1.18. The van der Waals surface area contributed by atoms with Gasteiger partial charge in [-0.3, -0.25) is 4.79 Å². The summed E-state index contributed by atoms with van der Waals surface area (Å²) in [4.78, 5) is 23.5. The molecule has 0 N–H and O–H groups in total. The highest BCUT2D eigenvalue weighted by Gasteiger charge is 2.28. The molecule has 2 aliphatic rings. The molecule has 0 aliphatic carbocycles. The molecule has 1 aromatic heterocycles. The Bertz CT molecular complexity index is 969. The zero-order valence-corrected chi connectivity index (χ0v) is 17.3. The number of carbonyl (C=O) groups is 1. The third-order valence-corrected chi connectivity index (χ3v) is 7.83. The largest absolute Gasteiger partial charge is 0.360 e. The first-order chi connectivity index (χ1) is 13.8. The summed E-state index contributed by atoms with van der Waals surface area (Å²) in [5.41, 5.74) is 2.28. The van der Waals surface area contributed by atoms with Crippen LogP contribution in [0.1, 0.15) is 23.8 Å². The van der Waals surface area contributed by atoms with E-state index in [1.54, 1.807) is 11.3 Å². The topological polar surface area (TPSA) is 36.4 Å². The molecule has 0 radical (unpaired) electrons. The molecule has 0 saturated carbocycles. The second-order valence-corrected chi connectivity index (χ2v) is 9.64. The lowest BCUT2D eigenvalue weighted by Crippen LogP contribution is -2.45. The Balaban J connectivity index is 1.29. The van der Waals surface area contributed by atoms with E-state index in [0.29, 0.717) is 12.5 Å². The van der Waals surface area contributed by atoms with Gasteiger partial charge in [-0.15, -0.1) is 23.1 Å². The highest BCUT2D eigenvalue weighted by atomic mass is 32.2. The minimum Gasteiger partial charge on any atom is -0.360 e. The summed E-state index contributed by atoms with van der Waals surface area (Å²) in [6.07, 6.45) is 2.17. The molecule has 28 heavy (non-hydrogen) atoms. The molecule has 1 amide bonds. The van der Waals surface area contributed by atoms with E-state index in [0.717, 1.165) is 43.7 Å². The van der Waals surface area contributed by atoms with Gasteiger partial charge in [0.15, 0.2) is 0 Å². The van der Waals surface area contributed by atoms with E-state index < -0.39 is 0 Å². The summed E-state index contributed by atoms with van der Waals surface area (Å²) in [6, 6.07) is 16.7. The molecule has 3 aromatic rings. The number of hydrogen-bond donors (Lipinski definition) is 0. The summed E-state index contributed by atoms with van der Waals surface area (Å²) in [7, 11) is 0. The fraction of sp³-hybridized carbons (Fsp3) is 0.364. The lowest BCUT2D eigenvalue weighted by atomic mass is 9.98. The van der Waals surface area contributed by atoms with Crippen molar-refractivity contribution in [2.75, 3.05) is 36.8 Å². The van der Waals surface area contributed by atoms with Crippen LogP contribution in [0.4, 0.5) is 5.69 Å². The Morgan fingerprint density at radius 3 is 2.89 bits per heavy atom. The molecule has 3 heterocycles. The van der Waals surface area contributed by atoms with Gasteiger partial charge >= 0.3 is 0 Å². The van der Waals surface area contributed by atoms with Crippen molar-refractivity contribution >= 4 is 44.9 Å². The smallest absolute Gasteiger partial charge is 0.242 e. The van der Waals surface area contributed by atoms with Crippen LogP contribution in [-0.4, -0.2) is 47.7 Å². The van der Waals surface area contributed by atoms with Crippen LogP contribution in [0.15, 0.2) is 53.4 Å². The molecule has 0 spiro atoms. The van der Waals surface area contributed by atoms with Crippen LogP contribution in [0.3, 0.4) is 0 Å². The number of para-hydroxylation sites is 2. The van der Waals surface area contributed by atoms with Crippen molar-refractivity contribution in [3.05, 3.63) is 53.5 Å². The van der Waals surface area contributed by atoms with Crippen molar-refractivity contribution in [3.63, 3.8) is 0 Å². The molecule has 4 nitrogen and oxygen atoms in total. The van der Waals surface area contributed by atoms with Crippen molar-refractivity contribution in [2.45, 2.75) is 23.7 Å². The lowest BCUT2D eigenvalue weighted by Gasteiger charge is -2.35. The summed E-state index contributed by atoms with van der Waals surface area (Å²) in [5.74, 6) is 1.64. The number of thiazole rings is 1. The molecular formula is C22H23N3OS2. The Morgan fingerprint density at radius 1 is 1.11 bits per heavy atom. The van der Waals surface area contributed by atoms with Gasteiger partial charge in [-0.25, -0.2) is 4.98 Å². The van der Waals surface area contributed by atoms with Gasteiger partial charge in [-0.1, -0.05) is 24.3 Å². The molecule has 0 bridgehead atoms. The van der Waals surface area contributed by atoms with E-state index in [2.05, 4.69) is 52.3 Å². The standard InChI is InChI=1S/C22H23N3OS2/c26-21(15-24-12-13-27-20-10-4-2-8-18(20)24)25-11-5-6-16(14-25)22-23-17-7-1-3-9-19(17)28-22/h1-4,7-10,16H,5-6,11-15H2/t16-/m1/s1. The molecule has 2 aliphatic heterocycles. The predicted molar refractivity (Wildman–Crippen MR) is 118 cm³/mol. The molecule has 144 valence electrons. The molecule has 6 heteroatoms. The minimum absolute atomic E-state index is 0.243. The molecule has 0 unspecified atom stereocenters. The van der Waals surface area contributed by atoms with Crippen LogP contribution in [-0.2, 0) is 4.79 Å². The Kier molecular flexibility index (Phi) is 4.99. The van der Waals surface area contributed by atoms with Gasteiger partial charge in [0, 0.05) is 36.2 Å². The number of nitrogens with zero attached hydrogens (tertiary/aromatic N) is 3. The summed E-state index contributed by atoms with van der Waals surface area (Å²) in [6.45, 7) is 3.07. The van der Waals surface area contributed by atoms with Gasteiger partial charge < -0.3 is 9.80 Å². The number of aromatic nitrogens is 1. The zero-order valence-electron chi connectivity index (χ0n) is 15.7. The normalized spacial score (nSPS) is 19.6. The number of fused-ring (bicyclic) bond motifs is 2. The maximum absolute atomic E-state index is 13.1. The number of piperidine rings is 1. The lowest BCUT2D eigenvalue weighted by molar-refractivity contribution is -0.130. The van der Waals surface area contributed by atoms with Crippen molar-refractivity contribution in [1.82, 2.24) is 9.88 Å². The van der Waals surface area contributed by atoms with Gasteiger partial charge in [0.05, 0.1) is 27.5 Å². The highest BCUT2D eigenvalue weighted by Crippen LogP contribution is 2.35. The summed E-state index contributed by atoms with van der Waals surface area (Å²) >= 11 is 3.66. The first-order valence-corrected chi connectivity index (χ1v) is 11.7. The maximum atomic E-state index is 13.1. The number of benzene rings is 2. The Hall–Kier alpha value is -2.05. The van der Waals surface area contributed by atoms with E-state index in [9.17, 15) is 4.79 Å². The number of amides is 1. The van der Waals surface area contributed by atoms with Crippen LogP contribution < -0.4 is 4.90 Å². The van der Waals surface area contributed by atoms with Crippen LogP contribution in [0.25, 0.3) is 10.2 Å². The number of likely N-dealkylation sites (tertiary alicyclic amines) is 1. The van der Waals surface area contributed by atoms with E-state index in [4.69, 9.17) is 4.98 Å². The van der Waals surface area contributed by atoms with Crippen molar-refractivity contribution in [3.8, 4) is 0 Å². The molecule has 2 aromatic carbocycles. The van der Waals surface area contributed by atoms with E-state index in [1.165, 1.54) is 20.3 Å². The summed E-state index contributed by atoms with van der Waals surface area (Å²) < 4.78 is 1.24. The number of hydrogen-bond acceptors (Lipinski definition) is 5. The van der Waals surface area contributed by atoms with Crippen LogP contribution in [0.5, 0.6) is 0 Å². The Labute approximate surface area is 173 Å². The molecule has 1 fully saturated rings. The van der Waals surface area contributed by atoms with Crippen molar-refractivity contribution < 1.29 is 4.79 Å². The average molecular weight is 410 g/mol. The van der Waals surface area contributed by atoms with Gasteiger partial charge in [0.25, 0.3) is 0 Å². The van der Waals surface area contributed by atoms with Gasteiger partial charge in [-0.05, 0) is 37.1 Å². The van der Waals surface area contributed by atoms with Crippen LogP contribution >= 0.6 is 23.1 Å². The van der Waals surface area contributed by atoms with Crippen LogP contribution in [0, 0.1) is 0 Å². The molecular weight excluding hydrogens is 386 g/mol. The number of thioether (sulfide) groups is 1. The number of carbonyl (C=O) groups excluding carboxylic acids is 1.